The molecule has 8 nitrogen and oxygen atoms in total. The fourth-order valence-electron chi connectivity index (χ4n) is 2.71. The van der Waals surface area contributed by atoms with Gasteiger partial charge < -0.3 is 20.3 Å². The second kappa shape index (κ2) is 7.28. The van der Waals surface area contributed by atoms with Crippen LogP contribution in [-0.2, 0) is 7.05 Å². The minimum atomic E-state index is -0.990. The molecule has 1 aromatic carbocycles. The van der Waals surface area contributed by atoms with E-state index in [9.17, 15) is 9.59 Å². The predicted octanol–water partition coefficient (Wildman–Crippen LogP) is 2.59. The summed E-state index contributed by atoms with van der Waals surface area (Å²) in [7, 11) is 3.35. The van der Waals surface area contributed by atoms with Crippen LogP contribution in [0.2, 0.25) is 0 Å². The average molecular weight is 365 g/mol. The lowest BCUT2D eigenvalue weighted by atomic mass is 10.1. The van der Waals surface area contributed by atoms with Crippen molar-refractivity contribution in [1.29, 1.82) is 0 Å². The van der Waals surface area contributed by atoms with Crippen molar-refractivity contribution in [3.8, 4) is 11.4 Å². The van der Waals surface area contributed by atoms with Gasteiger partial charge >= 0.3 is 5.97 Å². The summed E-state index contributed by atoms with van der Waals surface area (Å²) in [5.74, 6) is -0.765. The van der Waals surface area contributed by atoms with Gasteiger partial charge in [-0.25, -0.2) is 14.8 Å². The Morgan fingerprint density at radius 3 is 2.56 bits per heavy atom. The van der Waals surface area contributed by atoms with Gasteiger partial charge in [0.15, 0.2) is 0 Å². The van der Waals surface area contributed by atoms with E-state index >= 15 is 0 Å². The minimum absolute atomic E-state index is 0.152. The number of aromatic carboxylic acids is 1. The molecule has 1 amide bonds. The largest absolute Gasteiger partial charge is 0.478 e. The molecule has 3 rings (SSSR count). The lowest BCUT2D eigenvalue weighted by Crippen LogP contribution is -2.17. The van der Waals surface area contributed by atoms with E-state index in [1.165, 1.54) is 6.20 Å². The van der Waals surface area contributed by atoms with Crippen molar-refractivity contribution in [2.75, 3.05) is 12.4 Å². The van der Waals surface area contributed by atoms with Crippen LogP contribution in [0, 0.1) is 6.92 Å². The van der Waals surface area contributed by atoms with Gasteiger partial charge in [0.25, 0.3) is 5.91 Å². The Hall–Kier alpha value is -3.68. The minimum Gasteiger partial charge on any atom is -0.478 e. The van der Waals surface area contributed by atoms with Gasteiger partial charge in [-0.15, -0.1) is 0 Å². The van der Waals surface area contributed by atoms with Gasteiger partial charge in [-0.3, -0.25) is 4.79 Å². The number of hydrogen-bond donors (Lipinski definition) is 3. The molecule has 0 fully saturated rings. The second-order valence-corrected chi connectivity index (χ2v) is 6.03. The molecule has 0 saturated heterocycles. The molecule has 0 aliphatic rings. The van der Waals surface area contributed by atoms with Crippen LogP contribution < -0.4 is 10.6 Å². The maximum Gasteiger partial charge on any atom is 0.337 e. The van der Waals surface area contributed by atoms with Crippen LogP contribution in [0.25, 0.3) is 11.4 Å². The highest BCUT2D eigenvalue weighted by Crippen LogP contribution is 2.23. The lowest BCUT2D eigenvalue weighted by molar-refractivity contribution is 0.0696. The molecule has 0 atom stereocenters. The fraction of sp³-hybridized carbons (Fsp3) is 0.158. The van der Waals surface area contributed by atoms with Gasteiger partial charge in [0.05, 0.1) is 17.0 Å². The Labute approximate surface area is 155 Å². The molecule has 0 aliphatic heterocycles. The number of nitrogens with one attached hydrogen (secondary N) is 2. The summed E-state index contributed by atoms with van der Waals surface area (Å²) in [6.07, 6.45) is 3.14. The van der Waals surface area contributed by atoms with E-state index in [2.05, 4.69) is 20.6 Å². The first-order valence-electron chi connectivity index (χ1n) is 8.22. The van der Waals surface area contributed by atoms with Gasteiger partial charge in [0, 0.05) is 37.7 Å². The summed E-state index contributed by atoms with van der Waals surface area (Å²) in [5, 5.41) is 14.9. The van der Waals surface area contributed by atoms with Crippen molar-refractivity contribution in [3.63, 3.8) is 0 Å². The normalized spacial score (nSPS) is 10.5. The zero-order valence-corrected chi connectivity index (χ0v) is 15.1. The number of benzene rings is 1. The van der Waals surface area contributed by atoms with E-state index in [1.807, 2.05) is 6.92 Å². The van der Waals surface area contributed by atoms with Crippen molar-refractivity contribution < 1.29 is 14.7 Å². The molecule has 0 unspecified atom stereocenters. The van der Waals surface area contributed by atoms with Crippen molar-refractivity contribution in [2.24, 2.45) is 7.05 Å². The van der Waals surface area contributed by atoms with E-state index < -0.39 is 5.97 Å². The third-order valence-electron chi connectivity index (χ3n) is 4.13. The molecule has 27 heavy (non-hydrogen) atoms. The monoisotopic (exact) mass is 365 g/mol. The van der Waals surface area contributed by atoms with Crippen molar-refractivity contribution >= 4 is 23.5 Å². The number of carbonyl (C=O) groups is 2. The van der Waals surface area contributed by atoms with Crippen LogP contribution in [0.3, 0.4) is 0 Å². The third kappa shape index (κ3) is 3.79. The van der Waals surface area contributed by atoms with Crippen molar-refractivity contribution in [3.05, 3.63) is 59.4 Å². The molecule has 0 aliphatic carbocycles. The lowest BCUT2D eigenvalue weighted by Gasteiger charge is -2.11. The van der Waals surface area contributed by atoms with Crippen molar-refractivity contribution in [2.45, 2.75) is 6.92 Å². The summed E-state index contributed by atoms with van der Waals surface area (Å²) < 4.78 is 1.71. The van der Waals surface area contributed by atoms with Crippen molar-refractivity contribution in [1.82, 2.24) is 19.9 Å². The number of aryl methyl sites for hydroxylation is 2. The number of hydrogen-bond acceptors (Lipinski definition) is 5. The summed E-state index contributed by atoms with van der Waals surface area (Å²) in [6, 6.07) is 8.57. The molecule has 0 saturated carbocycles. The van der Waals surface area contributed by atoms with Gasteiger partial charge in [-0.1, -0.05) is 0 Å². The van der Waals surface area contributed by atoms with E-state index in [1.54, 1.807) is 55.2 Å². The van der Waals surface area contributed by atoms with Crippen LogP contribution in [0.15, 0.2) is 42.7 Å². The van der Waals surface area contributed by atoms with Gasteiger partial charge in [0.2, 0.25) is 5.95 Å². The maximum absolute atomic E-state index is 11.7. The Morgan fingerprint density at radius 2 is 1.93 bits per heavy atom. The van der Waals surface area contributed by atoms with E-state index in [4.69, 9.17) is 5.11 Å². The molecule has 0 radical (unpaired) electrons. The van der Waals surface area contributed by atoms with E-state index in [0.717, 1.165) is 11.3 Å². The Morgan fingerprint density at radius 1 is 1.15 bits per heavy atom. The Balaban J connectivity index is 1.89. The number of nitrogens with zero attached hydrogens (tertiary/aromatic N) is 3. The molecule has 0 spiro atoms. The number of anilines is 2. The molecule has 138 valence electrons. The smallest absolute Gasteiger partial charge is 0.337 e. The molecule has 3 N–H and O–H groups in total. The van der Waals surface area contributed by atoms with Crippen LogP contribution in [0.4, 0.5) is 11.6 Å². The number of aromatic nitrogens is 3. The first kappa shape index (κ1) is 18.1. The highest BCUT2D eigenvalue weighted by atomic mass is 16.4. The first-order valence-corrected chi connectivity index (χ1v) is 8.22. The molecule has 0 bridgehead atoms. The Bertz CT molecular complexity index is 1030. The number of amides is 1. The summed E-state index contributed by atoms with van der Waals surface area (Å²) >= 11 is 0. The predicted molar refractivity (Wildman–Crippen MR) is 101 cm³/mol. The topological polar surface area (TPSA) is 109 Å². The van der Waals surface area contributed by atoms with E-state index in [-0.39, 0.29) is 11.5 Å². The standard InChI is InChI=1S/C19H19N5O3/c1-11-8-12(17(25)20-2)4-5-14(11)22-19-21-7-6-15(23-19)16-9-13(18(26)27)10-24(16)3/h4-10H,1-3H3,(H,20,25)(H,26,27)(H,21,22,23). The summed E-state index contributed by atoms with van der Waals surface area (Å²) in [5.41, 5.74) is 3.68. The number of carboxylic acid groups (broad SMARTS) is 1. The van der Waals surface area contributed by atoms with Gasteiger partial charge in [0.1, 0.15) is 0 Å². The third-order valence-corrected chi connectivity index (χ3v) is 4.13. The molecule has 8 heteroatoms. The number of carboxylic acids is 1. The number of rotatable bonds is 5. The maximum atomic E-state index is 11.7. The highest BCUT2D eigenvalue weighted by Gasteiger charge is 2.13. The van der Waals surface area contributed by atoms with Crippen LogP contribution in [0.1, 0.15) is 26.3 Å². The fourth-order valence-corrected chi connectivity index (χ4v) is 2.71. The van der Waals surface area contributed by atoms with Gasteiger partial charge in [-0.05, 0) is 42.8 Å². The second-order valence-electron chi connectivity index (χ2n) is 6.03. The average Bonchev–Trinajstić information content (AvgIpc) is 3.05. The molecule has 2 heterocycles. The Kier molecular flexibility index (Phi) is 4.89. The quantitative estimate of drug-likeness (QED) is 0.641. The first-order chi connectivity index (χ1) is 12.9. The zero-order valence-electron chi connectivity index (χ0n) is 15.1. The molecule has 2 aromatic heterocycles. The SMILES string of the molecule is CNC(=O)c1ccc(Nc2nccc(-c3cc(C(=O)O)cn3C)n2)c(C)c1. The molecular formula is C19H19N5O3. The van der Waals surface area contributed by atoms with Crippen LogP contribution in [0.5, 0.6) is 0 Å². The molecule has 3 aromatic rings. The van der Waals surface area contributed by atoms with Crippen LogP contribution >= 0.6 is 0 Å². The summed E-state index contributed by atoms with van der Waals surface area (Å²) in [4.78, 5) is 31.6. The van der Waals surface area contributed by atoms with Crippen LogP contribution in [-0.4, -0.2) is 38.6 Å². The van der Waals surface area contributed by atoms with E-state index in [0.29, 0.717) is 22.9 Å². The summed E-state index contributed by atoms with van der Waals surface area (Å²) in [6.45, 7) is 1.88. The highest BCUT2D eigenvalue weighted by molar-refractivity contribution is 5.94. The van der Waals surface area contributed by atoms with Gasteiger partial charge in [-0.2, -0.15) is 0 Å². The number of carbonyl (C=O) groups excluding carboxylic acids is 1. The zero-order chi connectivity index (χ0) is 19.6. The molecular weight excluding hydrogens is 346 g/mol.